The molecule has 0 spiro atoms. The van der Waals surface area contributed by atoms with Crippen LogP contribution in [0.5, 0.6) is 5.75 Å². The van der Waals surface area contributed by atoms with E-state index in [0.29, 0.717) is 19.7 Å². The largest absolute Gasteiger partial charge is 0.492 e. The minimum Gasteiger partial charge on any atom is -0.492 e. The minimum absolute atomic E-state index is 0.162. The lowest BCUT2D eigenvalue weighted by atomic mass is 9.87. The molecule has 0 atom stereocenters. The molecule has 0 saturated carbocycles. The molecule has 1 heterocycles. The molecule has 1 aromatic carbocycles. The Kier molecular flexibility index (Phi) is 4.63. The van der Waals surface area contributed by atoms with E-state index in [2.05, 4.69) is 43.2 Å². The van der Waals surface area contributed by atoms with Crippen LogP contribution < -0.4 is 10.5 Å². The topological polar surface area (TPSA) is 66.0 Å². The molecule has 2 aromatic rings. The molecule has 0 fully saturated rings. The highest BCUT2D eigenvalue weighted by Gasteiger charge is 2.13. The molecule has 0 aliphatic heterocycles. The molecule has 5 heteroatoms. The van der Waals surface area contributed by atoms with Crippen LogP contribution in [-0.4, -0.2) is 21.6 Å². The Hall–Kier alpha value is -1.88. The highest BCUT2D eigenvalue weighted by Crippen LogP contribution is 2.24. The average molecular weight is 288 g/mol. The second kappa shape index (κ2) is 6.26. The van der Waals surface area contributed by atoms with Crippen molar-refractivity contribution in [1.29, 1.82) is 0 Å². The minimum atomic E-state index is 0.162. The van der Waals surface area contributed by atoms with E-state index in [4.69, 9.17) is 10.5 Å². The summed E-state index contributed by atoms with van der Waals surface area (Å²) in [6.07, 6.45) is 0. The summed E-state index contributed by atoms with van der Waals surface area (Å²) in [6, 6.07) is 8.26. The van der Waals surface area contributed by atoms with Gasteiger partial charge in [0, 0.05) is 6.54 Å². The highest BCUT2D eigenvalue weighted by molar-refractivity contribution is 5.31. The number of aromatic nitrogens is 3. The van der Waals surface area contributed by atoms with Gasteiger partial charge in [-0.1, -0.05) is 38.1 Å². The fraction of sp³-hybridized carbons (Fsp3) is 0.500. The molecular formula is C16H24N4O. The molecule has 0 unspecified atom stereocenters. The van der Waals surface area contributed by atoms with Crippen LogP contribution in [0.25, 0.3) is 0 Å². The van der Waals surface area contributed by atoms with Crippen molar-refractivity contribution in [3.63, 3.8) is 0 Å². The van der Waals surface area contributed by atoms with E-state index >= 15 is 0 Å². The molecule has 0 bridgehead atoms. The summed E-state index contributed by atoms with van der Waals surface area (Å²) in [7, 11) is 0. The molecule has 1 aromatic heterocycles. The van der Waals surface area contributed by atoms with Crippen LogP contribution in [0.15, 0.2) is 24.3 Å². The first-order valence-electron chi connectivity index (χ1n) is 7.24. The number of rotatable bonds is 5. The lowest BCUT2D eigenvalue weighted by Crippen LogP contribution is -2.12. The van der Waals surface area contributed by atoms with Gasteiger partial charge < -0.3 is 10.5 Å². The Labute approximate surface area is 126 Å². The van der Waals surface area contributed by atoms with E-state index in [0.717, 1.165) is 17.1 Å². The predicted octanol–water partition coefficient (Wildman–Crippen LogP) is 2.42. The number of nitrogens with two attached hydrogens (primary N) is 1. The van der Waals surface area contributed by atoms with Crippen molar-refractivity contribution in [2.24, 2.45) is 5.73 Å². The molecule has 0 saturated heterocycles. The molecule has 114 valence electrons. The third-order valence-electron chi connectivity index (χ3n) is 3.56. The number of hydrogen-bond donors (Lipinski definition) is 1. The Morgan fingerprint density at radius 1 is 1.19 bits per heavy atom. The lowest BCUT2D eigenvalue weighted by Gasteiger charge is -2.19. The third kappa shape index (κ3) is 3.82. The van der Waals surface area contributed by atoms with Gasteiger partial charge in [0.1, 0.15) is 12.4 Å². The molecule has 0 aliphatic carbocycles. The Morgan fingerprint density at radius 2 is 1.86 bits per heavy atom. The second-order valence-electron chi connectivity index (χ2n) is 6.17. The normalized spacial score (nSPS) is 11.7. The van der Waals surface area contributed by atoms with Gasteiger partial charge in [0.15, 0.2) is 0 Å². The summed E-state index contributed by atoms with van der Waals surface area (Å²) in [6.45, 7) is 10.2. The standard InChI is InChI=1S/C16H24N4O/c1-12-15(11-17)18-19-20(12)9-10-21-14-7-5-13(6-8-14)16(2,3)4/h5-8H,9-11,17H2,1-4H3. The zero-order valence-corrected chi connectivity index (χ0v) is 13.3. The molecular weight excluding hydrogens is 264 g/mol. The van der Waals surface area contributed by atoms with E-state index < -0.39 is 0 Å². The maximum Gasteiger partial charge on any atom is 0.119 e. The first-order chi connectivity index (χ1) is 9.91. The zero-order chi connectivity index (χ0) is 15.5. The Bertz CT molecular complexity index is 581. The number of benzene rings is 1. The van der Waals surface area contributed by atoms with Gasteiger partial charge in [0.05, 0.1) is 17.9 Å². The van der Waals surface area contributed by atoms with E-state index in [-0.39, 0.29) is 5.41 Å². The van der Waals surface area contributed by atoms with Gasteiger partial charge in [-0.15, -0.1) is 5.10 Å². The predicted molar refractivity (Wildman–Crippen MR) is 83.3 cm³/mol. The second-order valence-corrected chi connectivity index (χ2v) is 6.17. The summed E-state index contributed by atoms with van der Waals surface area (Å²) in [5, 5.41) is 8.10. The van der Waals surface area contributed by atoms with Crippen molar-refractivity contribution < 1.29 is 4.74 Å². The summed E-state index contributed by atoms with van der Waals surface area (Å²) in [5.74, 6) is 0.875. The Morgan fingerprint density at radius 3 is 2.38 bits per heavy atom. The van der Waals surface area contributed by atoms with Crippen LogP contribution in [0, 0.1) is 6.92 Å². The van der Waals surface area contributed by atoms with E-state index in [1.807, 2.05) is 23.7 Å². The first kappa shape index (κ1) is 15.5. The van der Waals surface area contributed by atoms with Crippen molar-refractivity contribution in [3.8, 4) is 5.75 Å². The van der Waals surface area contributed by atoms with Crippen molar-refractivity contribution in [2.75, 3.05) is 6.61 Å². The summed E-state index contributed by atoms with van der Waals surface area (Å²) in [5.41, 5.74) is 8.89. The van der Waals surface area contributed by atoms with Crippen LogP contribution >= 0.6 is 0 Å². The van der Waals surface area contributed by atoms with Crippen molar-refractivity contribution in [2.45, 2.75) is 46.2 Å². The van der Waals surface area contributed by atoms with E-state index in [9.17, 15) is 0 Å². The fourth-order valence-electron chi connectivity index (χ4n) is 2.10. The molecule has 2 rings (SSSR count). The van der Waals surface area contributed by atoms with Gasteiger partial charge in [-0.05, 0) is 30.0 Å². The summed E-state index contributed by atoms with van der Waals surface area (Å²) in [4.78, 5) is 0. The smallest absolute Gasteiger partial charge is 0.119 e. The summed E-state index contributed by atoms with van der Waals surface area (Å²) >= 11 is 0. The van der Waals surface area contributed by atoms with Gasteiger partial charge in [-0.2, -0.15) is 0 Å². The fourth-order valence-corrected chi connectivity index (χ4v) is 2.10. The van der Waals surface area contributed by atoms with Gasteiger partial charge in [-0.25, -0.2) is 4.68 Å². The molecule has 2 N–H and O–H groups in total. The Balaban J connectivity index is 1.90. The van der Waals surface area contributed by atoms with Crippen LogP contribution in [0.4, 0.5) is 0 Å². The number of ether oxygens (including phenoxy) is 1. The quantitative estimate of drug-likeness (QED) is 0.917. The average Bonchev–Trinajstić information content (AvgIpc) is 2.79. The monoisotopic (exact) mass is 288 g/mol. The van der Waals surface area contributed by atoms with Gasteiger partial charge in [0.25, 0.3) is 0 Å². The van der Waals surface area contributed by atoms with Gasteiger partial charge in [0.2, 0.25) is 0 Å². The molecule has 0 amide bonds. The molecule has 0 radical (unpaired) electrons. The van der Waals surface area contributed by atoms with Gasteiger partial charge in [-0.3, -0.25) is 0 Å². The third-order valence-corrected chi connectivity index (χ3v) is 3.56. The van der Waals surface area contributed by atoms with Crippen LogP contribution in [-0.2, 0) is 18.5 Å². The van der Waals surface area contributed by atoms with E-state index in [1.54, 1.807) is 0 Å². The van der Waals surface area contributed by atoms with Crippen molar-refractivity contribution >= 4 is 0 Å². The highest BCUT2D eigenvalue weighted by atomic mass is 16.5. The molecule has 0 aliphatic rings. The van der Waals surface area contributed by atoms with Crippen molar-refractivity contribution in [3.05, 3.63) is 41.2 Å². The van der Waals surface area contributed by atoms with Crippen LogP contribution in [0.1, 0.15) is 37.7 Å². The number of hydrogen-bond acceptors (Lipinski definition) is 4. The lowest BCUT2D eigenvalue weighted by molar-refractivity contribution is 0.288. The SMILES string of the molecule is Cc1c(CN)nnn1CCOc1ccc(C(C)(C)C)cc1. The maximum absolute atomic E-state index is 5.76. The maximum atomic E-state index is 5.76. The molecule has 5 nitrogen and oxygen atoms in total. The van der Waals surface area contributed by atoms with E-state index in [1.165, 1.54) is 5.56 Å². The van der Waals surface area contributed by atoms with Crippen LogP contribution in [0.3, 0.4) is 0 Å². The number of nitrogens with zero attached hydrogens (tertiary/aromatic N) is 3. The van der Waals surface area contributed by atoms with Gasteiger partial charge >= 0.3 is 0 Å². The zero-order valence-electron chi connectivity index (χ0n) is 13.3. The molecule has 21 heavy (non-hydrogen) atoms. The van der Waals surface area contributed by atoms with Crippen LogP contribution in [0.2, 0.25) is 0 Å². The summed E-state index contributed by atoms with van der Waals surface area (Å²) < 4.78 is 7.58. The van der Waals surface area contributed by atoms with Crippen molar-refractivity contribution in [1.82, 2.24) is 15.0 Å². The first-order valence-corrected chi connectivity index (χ1v) is 7.24.